The number of fused-ring (bicyclic) bond motifs is 5. The second-order valence-electron chi connectivity index (χ2n) is 11.8. The van der Waals surface area contributed by atoms with Gasteiger partial charge in [-0.3, -0.25) is 4.18 Å². The number of rotatable bonds is 4. The number of benzene rings is 1. The van der Waals surface area contributed by atoms with Crippen LogP contribution in [0.1, 0.15) is 77.2 Å². The highest BCUT2D eigenvalue weighted by molar-refractivity contribution is 7.86. The molecule has 0 radical (unpaired) electrons. The Labute approximate surface area is 198 Å². The van der Waals surface area contributed by atoms with E-state index in [4.69, 9.17) is 9.71 Å². The molecule has 0 N–H and O–H groups in total. The van der Waals surface area contributed by atoms with E-state index in [1.807, 2.05) is 19.1 Å². The van der Waals surface area contributed by atoms with Gasteiger partial charge in [0.15, 0.2) is 0 Å². The van der Waals surface area contributed by atoms with E-state index in [9.17, 15) is 8.42 Å². The minimum Gasteiger partial charge on any atom is -0.262 e. The summed E-state index contributed by atoms with van der Waals surface area (Å²) in [5.74, 6) is 2.51. The molecule has 0 aromatic heterocycles. The SMILES string of the molecule is Cc1ccc(S(=O)(=O)O[C@@H]2CCC3C4CC[C@H]5C[C@H](N=[N+]=[N-])CC[C@]5(C)C4CC[C@@]32C)cc1. The summed E-state index contributed by atoms with van der Waals surface area (Å²) in [7, 11) is -3.76. The van der Waals surface area contributed by atoms with Crippen LogP contribution in [0.15, 0.2) is 34.3 Å². The molecule has 1 aromatic rings. The van der Waals surface area contributed by atoms with Crippen molar-refractivity contribution in [1.82, 2.24) is 0 Å². The Morgan fingerprint density at radius 2 is 1.67 bits per heavy atom. The molecular formula is C26H37N3O3S. The molecule has 8 atom stereocenters. The van der Waals surface area contributed by atoms with Gasteiger partial charge in [-0.25, -0.2) is 0 Å². The first-order chi connectivity index (χ1) is 15.7. The molecule has 0 heterocycles. The van der Waals surface area contributed by atoms with Gasteiger partial charge in [0.25, 0.3) is 10.1 Å². The number of azide groups is 1. The van der Waals surface area contributed by atoms with Crippen molar-refractivity contribution < 1.29 is 12.6 Å². The zero-order valence-corrected chi connectivity index (χ0v) is 20.9. The molecule has 4 aliphatic rings. The largest absolute Gasteiger partial charge is 0.297 e. The van der Waals surface area contributed by atoms with Crippen molar-refractivity contribution in [3.05, 3.63) is 40.3 Å². The highest BCUT2D eigenvalue weighted by Gasteiger charge is 2.61. The van der Waals surface area contributed by atoms with Crippen molar-refractivity contribution in [3.63, 3.8) is 0 Å². The zero-order chi connectivity index (χ0) is 23.4. The first-order valence-corrected chi connectivity index (χ1v) is 14.1. The van der Waals surface area contributed by atoms with Crippen LogP contribution in [0.3, 0.4) is 0 Å². The van der Waals surface area contributed by atoms with Crippen LogP contribution in [0.25, 0.3) is 10.4 Å². The van der Waals surface area contributed by atoms with Crippen LogP contribution < -0.4 is 0 Å². The van der Waals surface area contributed by atoms with Crippen molar-refractivity contribution in [2.45, 2.75) is 95.6 Å². The number of nitrogens with zero attached hydrogens (tertiary/aromatic N) is 3. The van der Waals surface area contributed by atoms with E-state index in [-0.39, 0.29) is 22.5 Å². The standard InChI is InChI=1S/C26H37N3O3S/c1-17-4-7-20(8-5-17)33(30,31)32-24-11-10-22-21-9-6-18-16-19(28-29-27)12-14-25(18,2)23(21)13-15-26(22,24)3/h4-5,7-8,18-19,21-24H,6,9-16H2,1-3H3/t18-,19+,21?,22?,23?,24+,25-,26-/m0/s1. The predicted octanol–water partition coefficient (Wildman–Crippen LogP) is 6.79. The fourth-order valence-corrected chi connectivity index (χ4v) is 9.64. The molecule has 4 saturated carbocycles. The third-order valence-electron chi connectivity index (χ3n) is 10.3. The predicted molar refractivity (Wildman–Crippen MR) is 128 cm³/mol. The third kappa shape index (κ3) is 3.81. The van der Waals surface area contributed by atoms with Crippen LogP contribution in [-0.4, -0.2) is 20.6 Å². The fraction of sp³-hybridized carbons (Fsp3) is 0.769. The van der Waals surface area contributed by atoms with Crippen LogP contribution >= 0.6 is 0 Å². The van der Waals surface area contributed by atoms with Crippen LogP contribution in [0, 0.1) is 41.4 Å². The molecule has 0 spiro atoms. The average molecular weight is 472 g/mol. The summed E-state index contributed by atoms with van der Waals surface area (Å²) in [5.41, 5.74) is 10.2. The summed E-state index contributed by atoms with van der Waals surface area (Å²) in [6, 6.07) is 7.14. The molecule has 5 rings (SSSR count). The van der Waals surface area contributed by atoms with Gasteiger partial charge in [-0.15, -0.1) is 0 Å². The summed E-state index contributed by atoms with van der Waals surface area (Å²) in [5, 5.41) is 4.05. The van der Waals surface area contributed by atoms with Crippen molar-refractivity contribution in [2.75, 3.05) is 0 Å². The molecule has 0 amide bonds. The maximum absolute atomic E-state index is 13.1. The highest BCUT2D eigenvalue weighted by atomic mass is 32.2. The minimum absolute atomic E-state index is 0.0789. The normalized spacial score (nSPS) is 42.5. The molecule has 7 heteroatoms. The molecule has 0 saturated heterocycles. The molecule has 0 bridgehead atoms. The molecule has 4 aliphatic carbocycles. The van der Waals surface area contributed by atoms with E-state index in [1.165, 1.54) is 12.8 Å². The van der Waals surface area contributed by atoms with E-state index < -0.39 is 10.1 Å². The van der Waals surface area contributed by atoms with Crippen LogP contribution in [0.5, 0.6) is 0 Å². The average Bonchev–Trinajstić information content (AvgIpc) is 3.10. The van der Waals surface area contributed by atoms with Gasteiger partial charge >= 0.3 is 0 Å². The third-order valence-corrected chi connectivity index (χ3v) is 11.7. The first kappa shape index (κ1) is 23.2. The van der Waals surface area contributed by atoms with Gasteiger partial charge in [0.1, 0.15) is 0 Å². The van der Waals surface area contributed by atoms with Crippen molar-refractivity contribution in [1.29, 1.82) is 0 Å². The van der Waals surface area contributed by atoms with Gasteiger partial charge in [0.2, 0.25) is 0 Å². The second-order valence-corrected chi connectivity index (χ2v) is 13.3. The Morgan fingerprint density at radius 1 is 0.970 bits per heavy atom. The molecular weight excluding hydrogens is 434 g/mol. The van der Waals surface area contributed by atoms with E-state index in [0.29, 0.717) is 29.1 Å². The fourth-order valence-electron chi connectivity index (χ4n) is 8.44. The monoisotopic (exact) mass is 471 g/mol. The van der Waals surface area contributed by atoms with E-state index in [2.05, 4.69) is 23.9 Å². The molecule has 0 aliphatic heterocycles. The van der Waals surface area contributed by atoms with E-state index >= 15 is 0 Å². The van der Waals surface area contributed by atoms with Gasteiger partial charge in [0.05, 0.1) is 11.0 Å². The molecule has 3 unspecified atom stereocenters. The van der Waals surface area contributed by atoms with Crippen molar-refractivity contribution in [3.8, 4) is 0 Å². The molecule has 6 nitrogen and oxygen atoms in total. The molecule has 4 fully saturated rings. The van der Waals surface area contributed by atoms with E-state index in [0.717, 1.165) is 50.5 Å². The van der Waals surface area contributed by atoms with Crippen molar-refractivity contribution in [2.24, 2.45) is 39.6 Å². The number of aryl methyl sites for hydroxylation is 1. The summed E-state index contributed by atoms with van der Waals surface area (Å²) in [6.45, 7) is 6.74. The number of hydrogen-bond acceptors (Lipinski definition) is 4. The van der Waals surface area contributed by atoms with Crippen LogP contribution in [0.4, 0.5) is 0 Å². The van der Waals surface area contributed by atoms with Gasteiger partial charge in [-0.1, -0.05) is 36.7 Å². The molecule has 1 aromatic carbocycles. The maximum atomic E-state index is 13.1. The van der Waals surface area contributed by atoms with Crippen LogP contribution in [0.2, 0.25) is 0 Å². The summed E-state index contributed by atoms with van der Waals surface area (Å²) < 4.78 is 32.1. The van der Waals surface area contributed by atoms with Gasteiger partial charge < -0.3 is 0 Å². The lowest BCUT2D eigenvalue weighted by Gasteiger charge is -2.60. The zero-order valence-electron chi connectivity index (χ0n) is 20.1. The van der Waals surface area contributed by atoms with Crippen molar-refractivity contribution >= 4 is 10.1 Å². The van der Waals surface area contributed by atoms with Gasteiger partial charge in [0, 0.05) is 11.0 Å². The molecule has 33 heavy (non-hydrogen) atoms. The Balaban J connectivity index is 1.34. The van der Waals surface area contributed by atoms with E-state index in [1.54, 1.807) is 12.1 Å². The second kappa shape index (κ2) is 8.28. The van der Waals surface area contributed by atoms with Crippen LogP contribution in [-0.2, 0) is 14.3 Å². The topological polar surface area (TPSA) is 92.1 Å². The lowest BCUT2D eigenvalue weighted by atomic mass is 9.45. The summed E-state index contributed by atoms with van der Waals surface area (Å²) >= 11 is 0. The summed E-state index contributed by atoms with van der Waals surface area (Å²) in [6.07, 6.45) is 9.45. The highest BCUT2D eigenvalue weighted by Crippen LogP contribution is 2.66. The van der Waals surface area contributed by atoms with Gasteiger partial charge in [-0.05, 0) is 117 Å². The maximum Gasteiger partial charge on any atom is 0.297 e. The Hall–Kier alpha value is -1.56. The summed E-state index contributed by atoms with van der Waals surface area (Å²) in [4.78, 5) is 3.34. The lowest BCUT2D eigenvalue weighted by molar-refractivity contribution is -0.119. The lowest BCUT2D eigenvalue weighted by Crippen LogP contribution is -2.54. The number of hydrogen-bond donors (Lipinski definition) is 0. The van der Waals surface area contributed by atoms with Gasteiger partial charge in [-0.2, -0.15) is 8.42 Å². The Bertz CT molecular complexity index is 1050. The Morgan fingerprint density at radius 3 is 2.39 bits per heavy atom. The quantitative estimate of drug-likeness (QED) is 0.209. The minimum atomic E-state index is -3.76. The Kier molecular flexibility index (Phi) is 5.82. The molecule has 180 valence electrons. The smallest absolute Gasteiger partial charge is 0.262 e. The first-order valence-electron chi connectivity index (χ1n) is 12.7.